The molecule has 0 saturated carbocycles. The van der Waals surface area contributed by atoms with Gasteiger partial charge in [-0.3, -0.25) is 0 Å². The fraction of sp³-hybridized carbons (Fsp3) is 0.0833. The lowest BCUT2D eigenvalue weighted by Crippen LogP contribution is -1.90. The smallest absolute Gasteiger partial charge is 0.132 e. The maximum atomic E-state index is 8.98. The molecule has 1 aromatic carbocycles. The number of hydrogen-bond donors (Lipinski definition) is 1. The van der Waals surface area contributed by atoms with Gasteiger partial charge in [0.15, 0.2) is 0 Å². The van der Waals surface area contributed by atoms with Gasteiger partial charge in [0.1, 0.15) is 16.6 Å². The van der Waals surface area contributed by atoms with E-state index in [0.717, 1.165) is 16.4 Å². The Balaban J connectivity index is 2.26. The van der Waals surface area contributed by atoms with E-state index in [1.54, 1.807) is 31.2 Å². The van der Waals surface area contributed by atoms with Gasteiger partial charge < -0.3 is 5.32 Å². The predicted molar refractivity (Wildman–Crippen MR) is 66.0 cm³/mol. The van der Waals surface area contributed by atoms with Crippen molar-refractivity contribution in [3.63, 3.8) is 0 Å². The Kier molecular flexibility index (Phi) is 3.04. The van der Waals surface area contributed by atoms with Crippen LogP contribution in [0.4, 0.5) is 10.7 Å². The fourth-order valence-corrected chi connectivity index (χ4v) is 2.11. The summed E-state index contributed by atoms with van der Waals surface area (Å²) in [6, 6.07) is 11.2. The number of rotatable bonds is 2. The average molecular weight is 240 g/mol. The molecule has 0 amide bonds. The van der Waals surface area contributed by atoms with Gasteiger partial charge in [-0.05, 0) is 42.7 Å². The molecule has 2 rings (SSSR count). The molecule has 17 heavy (non-hydrogen) atoms. The van der Waals surface area contributed by atoms with Crippen molar-refractivity contribution in [3.8, 4) is 12.1 Å². The van der Waals surface area contributed by atoms with Crippen molar-refractivity contribution in [1.29, 1.82) is 10.5 Å². The zero-order chi connectivity index (χ0) is 12.3. The Morgan fingerprint density at radius 3 is 2.47 bits per heavy atom. The van der Waals surface area contributed by atoms with Gasteiger partial charge in [-0.25, -0.2) is 0 Å². The van der Waals surface area contributed by atoms with Gasteiger partial charge in [-0.15, -0.1) is 0 Å². The Morgan fingerprint density at radius 2 is 1.88 bits per heavy atom. The number of aromatic nitrogens is 1. The van der Waals surface area contributed by atoms with E-state index in [1.807, 2.05) is 0 Å². The number of nitrogens with one attached hydrogen (secondary N) is 1. The molecule has 1 heterocycles. The van der Waals surface area contributed by atoms with Crippen molar-refractivity contribution in [1.82, 2.24) is 4.37 Å². The highest BCUT2D eigenvalue weighted by Crippen LogP contribution is 2.27. The second kappa shape index (κ2) is 4.65. The molecule has 2 aromatic rings. The molecule has 1 N–H and O–H groups in total. The van der Waals surface area contributed by atoms with Crippen LogP contribution in [0.1, 0.15) is 16.8 Å². The highest BCUT2D eigenvalue weighted by Gasteiger charge is 2.09. The summed E-state index contributed by atoms with van der Waals surface area (Å²) < 4.78 is 4.12. The first-order valence-corrected chi connectivity index (χ1v) is 5.65. The van der Waals surface area contributed by atoms with Crippen LogP contribution in [0.2, 0.25) is 0 Å². The molecule has 0 aliphatic carbocycles. The van der Waals surface area contributed by atoms with E-state index in [1.165, 1.54) is 11.5 Å². The quantitative estimate of drug-likeness (QED) is 0.875. The number of nitriles is 2. The van der Waals surface area contributed by atoms with Gasteiger partial charge in [-0.1, -0.05) is 0 Å². The zero-order valence-electron chi connectivity index (χ0n) is 9.06. The van der Waals surface area contributed by atoms with Crippen LogP contribution in [0.15, 0.2) is 24.3 Å². The van der Waals surface area contributed by atoms with Gasteiger partial charge in [0.05, 0.1) is 17.3 Å². The first-order valence-electron chi connectivity index (χ1n) is 4.88. The molecular weight excluding hydrogens is 232 g/mol. The number of aryl methyl sites for hydroxylation is 1. The van der Waals surface area contributed by atoms with Crippen molar-refractivity contribution >= 4 is 22.2 Å². The molecule has 0 unspecified atom stereocenters. The van der Waals surface area contributed by atoms with Crippen LogP contribution in [0.3, 0.4) is 0 Å². The standard InChI is InChI=1S/C12H8N4S/c1-8-11(7-14)12(17-16-8)15-10-4-2-9(6-13)3-5-10/h2-5,15H,1H3. The van der Waals surface area contributed by atoms with Crippen molar-refractivity contribution in [2.45, 2.75) is 6.92 Å². The second-order valence-electron chi connectivity index (χ2n) is 3.40. The molecule has 1 aromatic heterocycles. The molecule has 0 aliphatic rings. The Bertz CT molecular complexity index is 613. The molecule has 0 bridgehead atoms. The first-order chi connectivity index (χ1) is 8.24. The number of anilines is 2. The zero-order valence-corrected chi connectivity index (χ0v) is 9.88. The van der Waals surface area contributed by atoms with Crippen molar-refractivity contribution in [2.24, 2.45) is 0 Å². The van der Waals surface area contributed by atoms with E-state index in [0.29, 0.717) is 11.1 Å². The van der Waals surface area contributed by atoms with Crippen LogP contribution in [-0.4, -0.2) is 4.37 Å². The molecule has 0 atom stereocenters. The van der Waals surface area contributed by atoms with E-state index in [9.17, 15) is 0 Å². The van der Waals surface area contributed by atoms with Gasteiger partial charge in [0.25, 0.3) is 0 Å². The lowest BCUT2D eigenvalue weighted by atomic mass is 10.2. The molecule has 0 spiro atoms. The summed E-state index contributed by atoms with van der Waals surface area (Å²) >= 11 is 1.26. The van der Waals surface area contributed by atoms with Crippen LogP contribution in [-0.2, 0) is 0 Å². The molecule has 82 valence electrons. The van der Waals surface area contributed by atoms with Crippen molar-refractivity contribution in [3.05, 3.63) is 41.1 Å². The maximum absolute atomic E-state index is 8.98. The normalized spacial score (nSPS) is 9.35. The molecule has 0 radical (unpaired) electrons. The summed E-state index contributed by atoms with van der Waals surface area (Å²) in [5.41, 5.74) is 2.74. The topological polar surface area (TPSA) is 72.5 Å². The minimum atomic E-state index is 0.569. The minimum absolute atomic E-state index is 0.569. The maximum Gasteiger partial charge on any atom is 0.132 e. The molecular formula is C12H8N4S. The van der Waals surface area contributed by atoms with Gasteiger partial charge in [0, 0.05) is 5.69 Å². The van der Waals surface area contributed by atoms with Crippen molar-refractivity contribution in [2.75, 3.05) is 5.32 Å². The molecule has 0 saturated heterocycles. The summed E-state index contributed by atoms with van der Waals surface area (Å²) in [6.07, 6.45) is 0. The molecule has 4 nitrogen and oxygen atoms in total. The van der Waals surface area contributed by atoms with Crippen LogP contribution in [0.5, 0.6) is 0 Å². The summed E-state index contributed by atoms with van der Waals surface area (Å²) in [5.74, 6) is 0. The van der Waals surface area contributed by atoms with Crippen molar-refractivity contribution < 1.29 is 0 Å². The largest absolute Gasteiger partial charge is 0.345 e. The first kappa shape index (κ1) is 11.1. The molecule has 0 fully saturated rings. The van der Waals surface area contributed by atoms with E-state index in [4.69, 9.17) is 10.5 Å². The summed E-state index contributed by atoms with van der Waals surface area (Å²) in [7, 11) is 0. The number of hydrogen-bond acceptors (Lipinski definition) is 5. The lowest BCUT2D eigenvalue weighted by molar-refractivity contribution is 1.31. The van der Waals surface area contributed by atoms with E-state index >= 15 is 0 Å². The van der Waals surface area contributed by atoms with E-state index in [2.05, 4.69) is 21.8 Å². The summed E-state index contributed by atoms with van der Waals surface area (Å²) in [6.45, 7) is 1.80. The number of benzene rings is 1. The van der Waals surface area contributed by atoms with Crippen LogP contribution >= 0.6 is 11.5 Å². The highest BCUT2D eigenvalue weighted by atomic mass is 32.1. The number of nitrogens with zero attached hydrogens (tertiary/aromatic N) is 3. The Morgan fingerprint density at radius 1 is 1.18 bits per heavy atom. The molecule has 0 aliphatic heterocycles. The lowest BCUT2D eigenvalue weighted by Gasteiger charge is -2.03. The van der Waals surface area contributed by atoms with E-state index < -0.39 is 0 Å². The third-order valence-corrected chi connectivity index (χ3v) is 3.10. The average Bonchev–Trinajstić information content (AvgIpc) is 2.71. The summed E-state index contributed by atoms with van der Waals surface area (Å²) in [4.78, 5) is 0. The summed E-state index contributed by atoms with van der Waals surface area (Å²) in [5, 5.41) is 21.5. The van der Waals surface area contributed by atoms with E-state index in [-0.39, 0.29) is 0 Å². The van der Waals surface area contributed by atoms with Gasteiger partial charge in [-0.2, -0.15) is 14.9 Å². The van der Waals surface area contributed by atoms with Gasteiger partial charge >= 0.3 is 0 Å². The Hall–Kier alpha value is -2.37. The van der Waals surface area contributed by atoms with Gasteiger partial charge in [0.2, 0.25) is 0 Å². The van der Waals surface area contributed by atoms with Crippen LogP contribution in [0, 0.1) is 29.6 Å². The SMILES string of the molecule is Cc1nsc(Nc2ccc(C#N)cc2)c1C#N. The van der Waals surface area contributed by atoms with Crippen LogP contribution < -0.4 is 5.32 Å². The highest BCUT2D eigenvalue weighted by molar-refractivity contribution is 7.10. The predicted octanol–water partition coefficient (Wildman–Crippen LogP) is 2.94. The van der Waals surface area contributed by atoms with Crippen LogP contribution in [0.25, 0.3) is 0 Å². The second-order valence-corrected chi connectivity index (χ2v) is 4.17. The Labute approximate surface area is 103 Å². The monoisotopic (exact) mass is 240 g/mol. The fourth-order valence-electron chi connectivity index (χ4n) is 1.35. The third kappa shape index (κ3) is 2.25. The molecule has 5 heteroatoms. The third-order valence-electron chi connectivity index (χ3n) is 2.25. The minimum Gasteiger partial charge on any atom is -0.345 e.